The van der Waals surface area contributed by atoms with Crippen molar-refractivity contribution in [2.24, 2.45) is 5.92 Å². The number of anilines is 3. The van der Waals surface area contributed by atoms with Crippen molar-refractivity contribution in [1.82, 2.24) is 14.9 Å². The molecule has 1 aromatic heterocycles. The lowest BCUT2D eigenvalue weighted by Gasteiger charge is -2.28. The van der Waals surface area contributed by atoms with Crippen LogP contribution in [0, 0.1) is 12.8 Å². The Morgan fingerprint density at radius 2 is 1.89 bits per heavy atom. The predicted molar refractivity (Wildman–Crippen MR) is 139 cm³/mol. The highest BCUT2D eigenvalue weighted by Crippen LogP contribution is 2.32. The minimum Gasteiger partial charge on any atom is -0.389 e. The number of nitrogens with zero attached hydrogens (tertiary/aromatic N) is 4. The summed E-state index contributed by atoms with van der Waals surface area (Å²) in [5.74, 6) is 0.509. The number of nitrogens with one attached hydrogen (secondary N) is 2. The fraction of sp³-hybridized carbons (Fsp3) is 0.577. The first-order valence-corrected chi connectivity index (χ1v) is 12.8. The summed E-state index contributed by atoms with van der Waals surface area (Å²) in [6.45, 7) is 8.42. The number of aliphatic hydroxyl groups is 1. The van der Waals surface area contributed by atoms with E-state index in [9.17, 15) is 23.1 Å². The van der Waals surface area contributed by atoms with Crippen molar-refractivity contribution in [2.45, 2.75) is 45.4 Å². The number of carbonyl (C=O) groups is 1. The van der Waals surface area contributed by atoms with E-state index in [1.807, 2.05) is 24.0 Å². The minimum absolute atomic E-state index is 0.0785. The number of morpholine rings is 1. The first-order chi connectivity index (χ1) is 17.9. The topological polar surface area (TPSA) is 103 Å². The molecule has 0 spiro atoms. The second-order valence-electron chi connectivity index (χ2n) is 10.6. The highest BCUT2D eigenvalue weighted by Gasteiger charge is 2.36. The lowest BCUT2D eigenvalue weighted by Crippen LogP contribution is -2.37. The first kappa shape index (κ1) is 27.9. The lowest BCUT2D eigenvalue weighted by atomic mass is 10.0. The number of alkyl halides is 3. The van der Waals surface area contributed by atoms with Crippen molar-refractivity contribution in [3.63, 3.8) is 0 Å². The van der Waals surface area contributed by atoms with Crippen molar-refractivity contribution < 1.29 is 27.8 Å². The molecule has 2 aromatic rings. The molecule has 2 saturated heterocycles. The highest BCUT2D eigenvalue weighted by atomic mass is 19.4. The van der Waals surface area contributed by atoms with Gasteiger partial charge in [-0.05, 0) is 50.8 Å². The summed E-state index contributed by atoms with van der Waals surface area (Å²) in [7, 11) is 0. The fourth-order valence-corrected chi connectivity index (χ4v) is 4.56. The molecule has 2 amide bonds. The van der Waals surface area contributed by atoms with Gasteiger partial charge in [0, 0.05) is 56.5 Å². The molecule has 0 radical (unpaired) electrons. The number of urea groups is 1. The van der Waals surface area contributed by atoms with Gasteiger partial charge in [-0.1, -0.05) is 6.07 Å². The molecule has 9 nitrogen and oxygen atoms in total. The van der Waals surface area contributed by atoms with Crippen LogP contribution in [-0.2, 0) is 4.74 Å². The molecule has 2 fully saturated rings. The summed E-state index contributed by atoms with van der Waals surface area (Å²) in [5, 5.41) is 16.2. The van der Waals surface area contributed by atoms with Gasteiger partial charge in [0.15, 0.2) is 0 Å². The summed E-state index contributed by atoms with van der Waals surface area (Å²) >= 11 is 0. The Hall–Kier alpha value is -3.12. The Morgan fingerprint density at radius 1 is 1.16 bits per heavy atom. The van der Waals surface area contributed by atoms with Crippen LogP contribution in [-0.4, -0.2) is 83.7 Å². The first-order valence-electron chi connectivity index (χ1n) is 12.8. The largest absolute Gasteiger partial charge is 0.389 e. The van der Waals surface area contributed by atoms with E-state index < -0.39 is 30.1 Å². The molecule has 3 N–H and O–H groups in total. The number of carbonyl (C=O) groups excluding carboxylic acids is 1. The molecule has 0 bridgehead atoms. The van der Waals surface area contributed by atoms with Crippen LogP contribution in [0.15, 0.2) is 24.3 Å². The van der Waals surface area contributed by atoms with Gasteiger partial charge in [-0.25, -0.2) is 9.78 Å². The van der Waals surface area contributed by atoms with Crippen LogP contribution < -0.4 is 15.5 Å². The maximum Gasteiger partial charge on any atom is 0.389 e. The SMILES string of the molecule is Cc1ccc(NC(=O)N2CC[C@@H](CC(F)(F)F)C2)cc1-c1cc(NCC(C)(C)O)nc(N2CCOCC2)n1. The van der Waals surface area contributed by atoms with Crippen LogP contribution in [0.25, 0.3) is 11.3 Å². The summed E-state index contributed by atoms with van der Waals surface area (Å²) in [5.41, 5.74) is 1.92. The Kier molecular flexibility index (Phi) is 8.31. The third kappa shape index (κ3) is 7.70. The second-order valence-corrected chi connectivity index (χ2v) is 10.6. The maximum absolute atomic E-state index is 12.8. The van der Waals surface area contributed by atoms with Gasteiger partial charge in [0.1, 0.15) is 5.82 Å². The van der Waals surface area contributed by atoms with Crippen LogP contribution in [0.3, 0.4) is 0 Å². The lowest BCUT2D eigenvalue weighted by molar-refractivity contribution is -0.143. The molecule has 12 heteroatoms. The number of halogens is 3. The number of rotatable bonds is 7. The number of aromatic nitrogens is 2. The summed E-state index contributed by atoms with van der Waals surface area (Å²) in [6, 6.07) is 6.81. The average Bonchev–Trinajstić information content (AvgIpc) is 3.31. The van der Waals surface area contributed by atoms with Crippen molar-refractivity contribution >= 4 is 23.5 Å². The Balaban J connectivity index is 1.55. The van der Waals surface area contributed by atoms with Gasteiger partial charge in [-0.15, -0.1) is 0 Å². The Morgan fingerprint density at radius 3 is 2.58 bits per heavy atom. The fourth-order valence-electron chi connectivity index (χ4n) is 4.56. The third-order valence-corrected chi connectivity index (χ3v) is 6.57. The predicted octanol–water partition coefficient (Wildman–Crippen LogP) is 4.28. The van der Waals surface area contributed by atoms with E-state index in [1.165, 1.54) is 4.90 Å². The van der Waals surface area contributed by atoms with E-state index in [0.717, 1.165) is 11.1 Å². The van der Waals surface area contributed by atoms with Gasteiger partial charge in [-0.3, -0.25) is 0 Å². The number of likely N-dealkylation sites (tertiary alicyclic amines) is 1. The maximum atomic E-state index is 12.8. The molecule has 1 aromatic carbocycles. The molecule has 0 aliphatic carbocycles. The van der Waals surface area contributed by atoms with Gasteiger partial charge in [-0.2, -0.15) is 18.2 Å². The van der Waals surface area contributed by atoms with Gasteiger partial charge in [0.2, 0.25) is 5.95 Å². The Labute approximate surface area is 220 Å². The standard InChI is InChI=1S/C26H35F3N6O3/c1-17-4-5-19(31-24(36)35-7-6-18(15-35)14-26(27,28)29)12-20(17)21-13-22(30-16-25(2,3)37)33-23(32-21)34-8-10-38-11-9-34/h4-5,12-13,18,37H,6-11,14-16H2,1-3H3,(H,31,36)(H,30,32,33)/t18-/m0/s1. The number of aryl methyl sites for hydroxylation is 1. The molecule has 2 aliphatic rings. The van der Waals surface area contributed by atoms with Crippen molar-refractivity contribution in [2.75, 3.05) is 61.5 Å². The molecular weight excluding hydrogens is 501 g/mol. The van der Waals surface area contributed by atoms with Gasteiger partial charge in [0.25, 0.3) is 0 Å². The van der Waals surface area contributed by atoms with E-state index in [2.05, 4.69) is 15.6 Å². The summed E-state index contributed by atoms with van der Waals surface area (Å²) < 4.78 is 43.7. The van der Waals surface area contributed by atoms with Gasteiger partial charge < -0.3 is 30.3 Å². The van der Waals surface area contributed by atoms with Crippen LogP contribution in [0.2, 0.25) is 0 Å². The number of ether oxygens (including phenoxy) is 1. The zero-order valence-electron chi connectivity index (χ0n) is 21.9. The van der Waals surface area contributed by atoms with Crippen molar-refractivity contribution in [3.05, 3.63) is 29.8 Å². The smallest absolute Gasteiger partial charge is 0.389 e. The van der Waals surface area contributed by atoms with Gasteiger partial charge >= 0.3 is 12.2 Å². The molecule has 3 heterocycles. The van der Waals surface area contributed by atoms with Crippen LogP contribution in [0.4, 0.5) is 35.4 Å². The summed E-state index contributed by atoms with van der Waals surface area (Å²) in [6.07, 6.45) is -4.78. The van der Waals surface area contributed by atoms with E-state index in [0.29, 0.717) is 55.9 Å². The molecule has 0 saturated carbocycles. The zero-order chi connectivity index (χ0) is 27.5. The highest BCUT2D eigenvalue weighted by molar-refractivity contribution is 5.90. The zero-order valence-corrected chi connectivity index (χ0v) is 21.9. The Bertz CT molecular complexity index is 1130. The van der Waals surface area contributed by atoms with Crippen LogP contribution in [0.5, 0.6) is 0 Å². The molecule has 1 atom stereocenters. The van der Waals surface area contributed by atoms with E-state index in [4.69, 9.17) is 9.72 Å². The second kappa shape index (κ2) is 11.3. The molecule has 208 valence electrons. The van der Waals surface area contributed by atoms with Crippen molar-refractivity contribution in [1.29, 1.82) is 0 Å². The van der Waals surface area contributed by atoms with Crippen LogP contribution >= 0.6 is 0 Å². The average molecular weight is 537 g/mol. The molecule has 0 unspecified atom stereocenters. The molecule has 2 aliphatic heterocycles. The normalized spacial score (nSPS) is 18.6. The monoisotopic (exact) mass is 536 g/mol. The quantitative estimate of drug-likeness (QED) is 0.486. The van der Waals surface area contributed by atoms with E-state index >= 15 is 0 Å². The summed E-state index contributed by atoms with van der Waals surface area (Å²) in [4.78, 5) is 25.7. The number of hydrogen-bond acceptors (Lipinski definition) is 7. The number of benzene rings is 1. The van der Waals surface area contributed by atoms with Gasteiger partial charge in [0.05, 0.1) is 24.5 Å². The number of amides is 2. The van der Waals surface area contributed by atoms with Crippen molar-refractivity contribution in [3.8, 4) is 11.3 Å². The van der Waals surface area contributed by atoms with E-state index in [-0.39, 0.29) is 19.6 Å². The van der Waals surface area contributed by atoms with Crippen LogP contribution in [0.1, 0.15) is 32.3 Å². The molecule has 4 rings (SSSR count). The minimum atomic E-state index is -4.23. The molecular formula is C26H35F3N6O3. The molecule has 38 heavy (non-hydrogen) atoms. The van der Waals surface area contributed by atoms with E-state index in [1.54, 1.807) is 26.0 Å². The third-order valence-electron chi connectivity index (χ3n) is 6.57. The number of hydrogen-bond donors (Lipinski definition) is 3.